The fourth-order valence-electron chi connectivity index (χ4n) is 1.53. The third kappa shape index (κ3) is 4.24. The molecule has 0 aliphatic rings. The van der Waals surface area contributed by atoms with Gasteiger partial charge < -0.3 is 15.7 Å². The van der Waals surface area contributed by atoms with Crippen molar-refractivity contribution in [3.63, 3.8) is 0 Å². The number of carbonyl (C=O) groups excluding carboxylic acids is 1. The number of carboxylic acids is 1. The second-order valence-corrected chi connectivity index (χ2v) is 5.05. The molecule has 0 spiro atoms. The van der Waals surface area contributed by atoms with Crippen LogP contribution >= 0.6 is 11.3 Å². The molecule has 0 aliphatic heterocycles. The van der Waals surface area contributed by atoms with Gasteiger partial charge in [0.15, 0.2) is 5.69 Å². The fourth-order valence-corrected chi connectivity index (χ4v) is 2.33. The van der Waals surface area contributed by atoms with Crippen molar-refractivity contribution in [2.75, 3.05) is 6.54 Å². The van der Waals surface area contributed by atoms with E-state index < -0.39 is 5.97 Å². The summed E-state index contributed by atoms with van der Waals surface area (Å²) >= 11 is 1.19. The van der Waals surface area contributed by atoms with E-state index in [0.29, 0.717) is 18.1 Å². The lowest BCUT2D eigenvalue weighted by molar-refractivity contribution is 0.0691. The van der Waals surface area contributed by atoms with Crippen LogP contribution in [0.25, 0.3) is 0 Å². The van der Waals surface area contributed by atoms with E-state index in [1.165, 1.54) is 16.7 Å². The first-order valence-electron chi connectivity index (χ1n) is 6.13. The summed E-state index contributed by atoms with van der Waals surface area (Å²) in [5.74, 6) is -1.08. The third-order valence-corrected chi connectivity index (χ3v) is 3.58. The zero-order chi connectivity index (χ0) is 15.2. The van der Waals surface area contributed by atoms with Gasteiger partial charge in [-0.15, -0.1) is 16.4 Å². The van der Waals surface area contributed by atoms with Gasteiger partial charge in [-0.1, -0.05) is 5.21 Å². The molecule has 1 unspecified atom stereocenters. The number of aromatic nitrogens is 4. The van der Waals surface area contributed by atoms with Crippen molar-refractivity contribution in [1.82, 2.24) is 30.6 Å². The van der Waals surface area contributed by atoms with E-state index in [0.717, 1.165) is 0 Å². The first-order valence-corrected chi connectivity index (χ1v) is 7.01. The SMILES string of the molecule is CC(NC(=O)NCCn1ccnn1)c1nc(C(=O)O)cs1. The van der Waals surface area contributed by atoms with Crippen LogP contribution in [0.15, 0.2) is 17.8 Å². The summed E-state index contributed by atoms with van der Waals surface area (Å²) in [7, 11) is 0. The molecule has 0 saturated heterocycles. The lowest BCUT2D eigenvalue weighted by Gasteiger charge is -2.12. The minimum Gasteiger partial charge on any atom is -0.476 e. The lowest BCUT2D eigenvalue weighted by Crippen LogP contribution is -2.38. The summed E-state index contributed by atoms with van der Waals surface area (Å²) in [6.45, 7) is 2.66. The second-order valence-electron chi connectivity index (χ2n) is 4.16. The minimum absolute atomic E-state index is 0.0183. The summed E-state index contributed by atoms with van der Waals surface area (Å²) in [6, 6.07) is -0.718. The molecule has 1 atom stereocenters. The first kappa shape index (κ1) is 14.9. The number of hydrogen-bond donors (Lipinski definition) is 3. The monoisotopic (exact) mass is 310 g/mol. The predicted octanol–water partition coefficient (Wildman–Crippen LogP) is 0.493. The quantitative estimate of drug-likeness (QED) is 0.714. The van der Waals surface area contributed by atoms with Crippen LogP contribution in [0, 0.1) is 0 Å². The van der Waals surface area contributed by atoms with Gasteiger partial charge in [0, 0.05) is 18.1 Å². The Kier molecular flexibility index (Phi) is 4.82. The zero-order valence-corrected chi connectivity index (χ0v) is 12.0. The third-order valence-electron chi connectivity index (χ3n) is 2.56. The van der Waals surface area contributed by atoms with Crippen LogP contribution in [0.1, 0.15) is 28.5 Å². The maximum Gasteiger partial charge on any atom is 0.355 e. The molecule has 112 valence electrons. The molecule has 0 fully saturated rings. The number of carboxylic acid groups (broad SMARTS) is 1. The molecule has 2 amide bonds. The van der Waals surface area contributed by atoms with Crippen LogP contribution in [0.2, 0.25) is 0 Å². The molecule has 0 aliphatic carbocycles. The Balaban J connectivity index is 1.77. The number of thiazole rings is 1. The Bertz CT molecular complexity index is 611. The number of nitrogens with zero attached hydrogens (tertiary/aromatic N) is 4. The number of urea groups is 1. The van der Waals surface area contributed by atoms with Crippen molar-refractivity contribution in [2.24, 2.45) is 0 Å². The summed E-state index contributed by atoms with van der Waals surface area (Å²) in [5, 5.41) is 23.6. The topological polar surface area (TPSA) is 122 Å². The summed E-state index contributed by atoms with van der Waals surface area (Å²) in [5.41, 5.74) is -0.0183. The van der Waals surface area contributed by atoms with Gasteiger partial charge in [0.25, 0.3) is 0 Å². The molecule has 10 heteroatoms. The van der Waals surface area contributed by atoms with E-state index >= 15 is 0 Å². The van der Waals surface area contributed by atoms with E-state index in [9.17, 15) is 9.59 Å². The second kappa shape index (κ2) is 6.79. The molecular weight excluding hydrogens is 296 g/mol. The Labute approximate surface area is 124 Å². The minimum atomic E-state index is -1.08. The smallest absolute Gasteiger partial charge is 0.355 e. The molecule has 2 aromatic heterocycles. The Morgan fingerprint density at radius 3 is 2.95 bits per heavy atom. The lowest BCUT2D eigenvalue weighted by atomic mass is 10.3. The Morgan fingerprint density at radius 2 is 2.33 bits per heavy atom. The van der Waals surface area contributed by atoms with Gasteiger partial charge in [-0.3, -0.25) is 4.68 Å². The molecular formula is C11H14N6O3S. The molecule has 0 aromatic carbocycles. The van der Waals surface area contributed by atoms with Gasteiger partial charge in [0.1, 0.15) is 5.01 Å². The number of nitrogens with one attached hydrogen (secondary N) is 2. The van der Waals surface area contributed by atoms with E-state index in [2.05, 4.69) is 25.9 Å². The van der Waals surface area contributed by atoms with Crippen molar-refractivity contribution < 1.29 is 14.7 Å². The maximum absolute atomic E-state index is 11.7. The van der Waals surface area contributed by atoms with Crippen molar-refractivity contribution in [3.8, 4) is 0 Å². The van der Waals surface area contributed by atoms with E-state index in [1.54, 1.807) is 24.0 Å². The molecule has 0 radical (unpaired) electrons. The zero-order valence-electron chi connectivity index (χ0n) is 11.2. The molecule has 0 saturated carbocycles. The van der Waals surface area contributed by atoms with Gasteiger partial charge in [0.2, 0.25) is 0 Å². The van der Waals surface area contributed by atoms with E-state index in [-0.39, 0.29) is 17.8 Å². The van der Waals surface area contributed by atoms with Crippen LogP contribution in [-0.4, -0.2) is 43.6 Å². The van der Waals surface area contributed by atoms with Crippen molar-refractivity contribution in [1.29, 1.82) is 0 Å². The molecule has 2 aromatic rings. The average molecular weight is 310 g/mol. The average Bonchev–Trinajstić information content (AvgIpc) is 3.09. The van der Waals surface area contributed by atoms with E-state index in [4.69, 9.17) is 5.11 Å². The Hall–Kier alpha value is -2.49. The molecule has 0 bridgehead atoms. The number of rotatable bonds is 6. The van der Waals surface area contributed by atoms with Crippen LogP contribution in [0.4, 0.5) is 4.79 Å². The standard InChI is InChI=1S/C11H14N6O3S/c1-7(9-15-8(6-21-9)10(18)19)14-11(20)12-2-4-17-5-3-13-16-17/h3,5-7H,2,4H2,1H3,(H,18,19)(H2,12,14,20). The Morgan fingerprint density at radius 1 is 1.52 bits per heavy atom. The first-order chi connectivity index (χ1) is 10.1. The van der Waals surface area contributed by atoms with Crippen LogP contribution in [0.5, 0.6) is 0 Å². The van der Waals surface area contributed by atoms with Crippen molar-refractivity contribution in [2.45, 2.75) is 19.5 Å². The number of amides is 2. The van der Waals surface area contributed by atoms with Crippen LogP contribution < -0.4 is 10.6 Å². The number of aromatic carboxylic acids is 1. The van der Waals surface area contributed by atoms with Crippen molar-refractivity contribution in [3.05, 3.63) is 28.5 Å². The summed E-state index contributed by atoms with van der Waals surface area (Å²) in [4.78, 5) is 26.4. The predicted molar refractivity (Wildman–Crippen MR) is 74.0 cm³/mol. The van der Waals surface area contributed by atoms with Gasteiger partial charge in [-0.05, 0) is 6.92 Å². The highest BCUT2D eigenvalue weighted by molar-refractivity contribution is 7.09. The maximum atomic E-state index is 11.7. The molecule has 2 heterocycles. The molecule has 9 nitrogen and oxygen atoms in total. The van der Waals surface area contributed by atoms with Crippen molar-refractivity contribution >= 4 is 23.3 Å². The molecule has 2 rings (SSSR count). The number of carbonyl (C=O) groups is 2. The van der Waals surface area contributed by atoms with Gasteiger partial charge in [0.05, 0.1) is 18.8 Å². The summed E-state index contributed by atoms with van der Waals surface area (Å²) in [6.07, 6.45) is 3.26. The normalized spacial score (nSPS) is 11.9. The largest absolute Gasteiger partial charge is 0.476 e. The van der Waals surface area contributed by atoms with Crippen LogP contribution in [-0.2, 0) is 6.54 Å². The van der Waals surface area contributed by atoms with Gasteiger partial charge >= 0.3 is 12.0 Å². The molecule has 21 heavy (non-hydrogen) atoms. The van der Waals surface area contributed by atoms with Crippen LogP contribution in [0.3, 0.4) is 0 Å². The van der Waals surface area contributed by atoms with E-state index in [1.807, 2.05) is 0 Å². The number of hydrogen-bond acceptors (Lipinski definition) is 6. The summed E-state index contributed by atoms with van der Waals surface area (Å²) < 4.78 is 1.60. The highest BCUT2D eigenvalue weighted by atomic mass is 32.1. The molecule has 3 N–H and O–H groups in total. The van der Waals surface area contributed by atoms with Gasteiger partial charge in [-0.25, -0.2) is 14.6 Å². The fraction of sp³-hybridized carbons (Fsp3) is 0.364. The van der Waals surface area contributed by atoms with Gasteiger partial charge in [-0.2, -0.15) is 0 Å². The highest BCUT2D eigenvalue weighted by Gasteiger charge is 2.15. The highest BCUT2D eigenvalue weighted by Crippen LogP contribution is 2.17.